The standard InChI is InChI=1S/C16H22F3N3O2/c1-5-12(24-4)14(23)11(3)8-10(2)9-21-15-20-7-6-13(22-15)16(17,18)19/h5-8,11-12,14,23H,1,9H2,2-4H3,(H,20,21,22)/b10-8-/t11-,12+,14+/m1/s1. The van der Waals surface area contributed by atoms with Gasteiger partial charge < -0.3 is 15.2 Å². The number of nitrogens with zero attached hydrogens (tertiary/aromatic N) is 2. The number of aliphatic hydroxyl groups excluding tert-OH is 1. The van der Waals surface area contributed by atoms with E-state index in [-0.39, 0.29) is 18.4 Å². The van der Waals surface area contributed by atoms with Gasteiger partial charge in [0.1, 0.15) is 11.8 Å². The van der Waals surface area contributed by atoms with E-state index < -0.39 is 24.1 Å². The molecular formula is C16H22F3N3O2. The van der Waals surface area contributed by atoms with Gasteiger partial charge in [0.15, 0.2) is 0 Å². The summed E-state index contributed by atoms with van der Waals surface area (Å²) in [6.07, 6.45) is -1.41. The molecule has 0 radical (unpaired) electrons. The molecule has 0 aliphatic carbocycles. The molecule has 0 bridgehead atoms. The topological polar surface area (TPSA) is 67.3 Å². The molecule has 0 saturated carbocycles. The maximum atomic E-state index is 12.6. The van der Waals surface area contributed by atoms with Crippen LogP contribution in [0.2, 0.25) is 0 Å². The zero-order chi connectivity index (χ0) is 18.3. The van der Waals surface area contributed by atoms with E-state index in [4.69, 9.17) is 4.74 Å². The van der Waals surface area contributed by atoms with Crippen molar-refractivity contribution in [1.82, 2.24) is 9.97 Å². The van der Waals surface area contributed by atoms with Crippen molar-refractivity contribution >= 4 is 5.95 Å². The lowest BCUT2D eigenvalue weighted by Crippen LogP contribution is -2.31. The molecule has 0 saturated heterocycles. The number of anilines is 1. The molecule has 1 heterocycles. The summed E-state index contributed by atoms with van der Waals surface area (Å²) in [5, 5.41) is 12.9. The summed E-state index contributed by atoms with van der Waals surface area (Å²) in [7, 11) is 1.48. The van der Waals surface area contributed by atoms with Crippen molar-refractivity contribution in [2.75, 3.05) is 19.0 Å². The van der Waals surface area contributed by atoms with Gasteiger partial charge in [-0.15, -0.1) is 6.58 Å². The quantitative estimate of drug-likeness (QED) is 0.709. The van der Waals surface area contributed by atoms with E-state index in [2.05, 4.69) is 21.9 Å². The summed E-state index contributed by atoms with van der Waals surface area (Å²) in [5.41, 5.74) is -0.180. The van der Waals surface area contributed by atoms with Crippen LogP contribution in [0.3, 0.4) is 0 Å². The Morgan fingerprint density at radius 2 is 2.17 bits per heavy atom. The van der Waals surface area contributed by atoms with Gasteiger partial charge in [-0.2, -0.15) is 13.2 Å². The SMILES string of the molecule is C=C[C@H](OC)[C@@H](O)[C@H](C)/C=C(/C)CNc1nccc(C(F)(F)F)n1. The average Bonchev–Trinajstić information content (AvgIpc) is 2.53. The maximum Gasteiger partial charge on any atom is 0.433 e. The predicted octanol–water partition coefficient (Wildman–Crippen LogP) is 3.05. The Balaban J connectivity index is 2.68. The summed E-state index contributed by atoms with van der Waals surface area (Å²) < 4.78 is 42.9. The molecular weight excluding hydrogens is 323 g/mol. The smallest absolute Gasteiger partial charge is 0.389 e. The largest absolute Gasteiger partial charge is 0.433 e. The molecule has 0 unspecified atom stereocenters. The minimum absolute atomic E-state index is 0.105. The van der Waals surface area contributed by atoms with Gasteiger partial charge in [0.05, 0.1) is 6.10 Å². The van der Waals surface area contributed by atoms with E-state index in [0.717, 1.165) is 17.8 Å². The molecule has 2 N–H and O–H groups in total. The lowest BCUT2D eigenvalue weighted by molar-refractivity contribution is -0.141. The minimum Gasteiger partial charge on any atom is -0.389 e. The van der Waals surface area contributed by atoms with E-state index in [0.29, 0.717) is 0 Å². The van der Waals surface area contributed by atoms with Crippen molar-refractivity contribution in [3.63, 3.8) is 0 Å². The van der Waals surface area contributed by atoms with Crippen LogP contribution in [-0.2, 0) is 10.9 Å². The molecule has 1 rings (SSSR count). The number of aromatic nitrogens is 2. The Morgan fingerprint density at radius 1 is 1.50 bits per heavy atom. The Hall–Kier alpha value is -1.93. The third-order valence-electron chi connectivity index (χ3n) is 3.40. The minimum atomic E-state index is -4.51. The molecule has 0 fully saturated rings. The Bertz CT molecular complexity index is 576. The number of aliphatic hydroxyl groups is 1. The van der Waals surface area contributed by atoms with Gasteiger partial charge in [-0.05, 0) is 13.0 Å². The molecule has 8 heteroatoms. The second-order valence-electron chi connectivity index (χ2n) is 5.42. The molecule has 134 valence electrons. The molecule has 1 aromatic heterocycles. The average molecular weight is 345 g/mol. The number of nitrogens with one attached hydrogen (secondary N) is 1. The monoisotopic (exact) mass is 345 g/mol. The van der Waals surface area contributed by atoms with Crippen LogP contribution in [0.25, 0.3) is 0 Å². The fourth-order valence-corrected chi connectivity index (χ4v) is 2.10. The maximum absolute atomic E-state index is 12.6. The van der Waals surface area contributed by atoms with Gasteiger partial charge in [-0.25, -0.2) is 9.97 Å². The van der Waals surface area contributed by atoms with E-state index in [1.807, 2.05) is 6.92 Å². The second-order valence-corrected chi connectivity index (χ2v) is 5.42. The zero-order valence-corrected chi connectivity index (χ0v) is 13.8. The number of hydrogen-bond donors (Lipinski definition) is 2. The number of ether oxygens (including phenoxy) is 1. The van der Waals surface area contributed by atoms with Crippen LogP contribution in [0.1, 0.15) is 19.5 Å². The molecule has 0 amide bonds. The predicted molar refractivity (Wildman–Crippen MR) is 85.4 cm³/mol. The molecule has 24 heavy (non-hydrogen) atoms. The van der Waals surface area contributed by atoms with E-state index in [1.54, 1.807) is 13.0 Å². The number of hydrogen-bond acceptors (Lipinski definition) is 5. The molecule has 0 aromatic carbocycles. The zero-order valence-electron chi connectivity index (χ0n) is 13.8. The van der Waals surface area contributed by atoms with Crippen molar-refractivity contribution in [3.8, 4) is 0 Å². The van der Waals surface area contributed by atoms with Crippen LogP contribution in [0.15, 0.2) is 36.6 Å². The summed E-state index contributed by atoms with van der Waals surface area (Å²) in [6, 6.07) is 0.812. The first-order chi connectivity index (χ1) is 11.2. The van der Waals surface area contributed by atoms with Crippen molar-refractivity contribution in [2.24, 2.45) is 5.92 Å². The molecule has 0 spiro atoms. The number of rotatable bonds is 8. The van der Waals surface area contributed by atoms with Crippen LogP contribution in [0, 0.1) is 5.92 Å². The van der Waals surface area contributed by atoms with E-state index in [1.165, 1.54) is 13.2 Å². The third kappa shape index (κ3) is 5.93. The van der Waals surface area contributed by atoms with Gasteiger partial charge in [-0.3, -0.25) is 0 Å². The normalized spacial score (nSPS) is 16.4. The van der Waals surface area contributed by atoms with Crippen LogP contribution >= 0.6 is 0 Å². The fourth-order valence-electron chi connectivity index (χ4n) is 2.10. The fraction of sp³-hybridized carbons (Fsp3) is 0.500. The van der Waals surface area contributed by atoms with Gasteiger partial charge in [-0.1, -0.05) is 24.6 Å². The number of halogens is 3. The van der Waals surface area contributed by atoms with Gasteiger partial charge >= 0.3 is 6.18 Å². The number of alkyl halides is 3. The summed E-state index contributed by atoms with van der Waals surface area (Å²) in [4.78, 5) is 7.19. The van der Waals surface area contributed by atoms with Crippen molar-refractivity contribution < 1.29 is 23.0 Å². The molecule has 0 aliphatic rings. The van der Waals surface area contributed by atoms with Gasteiger partial charge in [0, 0.05) is 25.8 Å². The summed E-state index contributed by atoms with van der Waals surface area (Å²) in [6.45, 7) is 7.45. The highest BCUT2D eigenvalue weighted by Crippen LogP contribution is 2.27. The lowest BCUT2D eigenvalue weighted by Gasteiger charge is -2.22. The van der Waals surface area contributed by atoms with Crippen LogP contribution < -0.4 is 5.32 Å². The first-order valence-electron chi connectivity index (χ1n) is 7.33. The second kappa shape index (κ2) is 8.79. The highest BCUT2D eigenvalue weighted by molar-refractivity contribution is 5.28. The Kier molecular flexibility index (Phi) is 7.37. The lowest BCUT2D eigenvalue weighted by atomic mass is 9.97. The van der Waals surface area contributed by atoms with Crippen molar-refractivity contribution in [1.29, 1.82) is 0 Å². The first kappa shape index (κ1) is 20.1. The molecule has 3 atom stereocenters. The highest BCUT2D eigenvalue weighted by Gasteiger charge is 2.32. The Morgan fingerprint density at radius 3 is 2.71 bits per heavy atom. The number of methoxy groups -OCH3 is 1. The van der Waals surface area contributed by atoms with Crippen molar-refractivity contribution in [3.05, 3.63) is 42.3 Å². The van der Waals surface area contributed by atoms with E-state index >= 15 is 0 Å². The van der Waals surface area contributed by atoms with Gasteiger partial charge in [0.2, 0.25) is 5.95 Å². The molecule has 1 aromatic rings. The highest BCUT2D eigenvalue weighted by atomic mass is 19.4. The van der Waals surface area contributed by atoms with Crippen molar-refractivity contribution in [2.45, 2.75) is 32.2 Å². The molecule has 0 aliphatic heterocycles. The van der Waals surface area contributed by atoms with Crippen LogP contribution in [0.4, 0.5) is 19.1 Å². The first-order valence-corrected chi connectivity index (χ1v) is 7.33. The third-order valence-corrected chi connectivity index (χ3v) is 3.40. The van der Waals surface area contributed by atoms with Crippen LogP contribution in [0.5, 0.6) is 0 Å². The molecule has 5 nitrogen and oxygen atoms in total. The van der Waals surface area contributed by atoms with Gasteiger partial charge in [0.25, 0.3) is 0 Å². The van der Waals surface area contributed by atoms with E-state index in [9.17, 15) is 18.3 Å². The Labute approximate surface area is 139 Å². The summed E-state index contributed by atoms with van der Waals surface area (Å²) in [5.74, 6) is -0.330. The summed E-state index contributed by atoms with van der Waals surface area (Å²) >= 11 is 0. The van der Waals surface area contributed by atoms with Crippen LogP contribution in [-0.4, -0.2) is 40.9 Å².